The van der Waals surface area contributed by atoms with E-state index in [0.29, 0.717) is 0 Å². The molecule has 0 aromatic carbocycles. The van der Waals surface area contributed by atoms with Crippen molar-refractivity contribution in [2.75, 3.05) is 13.2 Å². The first kappa shape index (κ1) is 14.2. The molecule has 3 heteroatoms. The zero-order valence-corrected chi connectivity index (χ0v) is 12.4. The molecule has 2 nitrogen and oxygen atoms in total. The van der Waals surface area contributed by atoms with Gasteiger partial charge in [-0.1, -0.05) is 26.7 Å². The van der Waals surface area contributed by atoms with E-state index in [1.807, 2.05) is 0 Å². The van der Waals surface area contributed by atoms with Crippen LogP contribution in [0.2, 0.25) is 11.6 Å². The Kier molecular flexibility index (Phi) is 6.01. The lowest BCUT2D eigenvalue weighted by Gasteiger charge is -2.32. The van der Waals surface area contributed by atoms with Crippen molar-refractivity contribution in [3.8, 4) is 0 Å². The molecule has 0 aromatic heterocycles. The maximum atomic E-state index is 6.13. The Labute approximate surface area is 102 Å². The normalized spacial score (nSPS) is 18.8. The van der Waals surface area contributed by atoms with Crippen LogP contribution in [0.15, 0.2) is 0 Å². The average Bonchev–Trinajstić information content (AvgIpc) is 3.01. The fraction of sp³-hybridized carbons (Fsp3) is 1.00. The van der Waals surface area contributed by atoms with Gasteiger partial charge in [0.2, 0.25) is 0 Å². The first-order valence-electron chi connectivity index (χ1n) is 6.96. The molecule has 96 valence electrons. The van der Waals surface area contributed by atoms with Crippen LogP contribution in [0.25, 0.3) is 0 Å². The second-order valence-electron chi connectivity index (χ2n) is 5.05. The molecule has 1 aliphatic rings. The van der Waals surface area contributed by atoms with E-state index in [1.165, 1.54) is 31.7 Å². The van der Waals surface area contributed by atoms with Gasteiger partial charge in [0.15, 0.2) is 0 Å². The molecule has 0 radical (unpaired) electrons. The highest BCUT2D eigenvalue weighted by Gasteiger charge is 2.51. The van der Waals surface area contributed by atoms with Crippen LogP contribution in [-0.4, -0.2) is 21.8 Å². The van der Waals surface area contributed by atoms with Crippen LogP contribution in [0.5, 0.6) is 0 Å². The van der Waals surface area contributed by atoms with E-state index in [-0.39, 0.29) is 0 Å². The summed E-state index contributed by atoms with van der Waals surface area (Å²) in [7, 11) is -1.86. The summed E-state index contributed by atoms with van der Waals surface area (Å²) in [5, 5.41) is 0. The van der Waals surface area contributed by atoms with Crippen LogP contribution in [0.1, 0.15) is 53.4 Å². The van der Waals surface area contributed by atoms with E-state index in [0.717, 1.165) is 24.7 Å². The lowest BCUT2D eigenvalue weighted by molar-refractivity contribution is 0.175. The third-order valence-electron chi connectivity index (χ3n) is 3.39. The Balaban J connectivity index is 2.59. The predicted molar refractivity (Wildman–Crippen MR) is 70.9 cm³/mol. The van der Waals surface area contributed by atoms with Crippen molar-refractivity contribution in [3.05, 3.63) is 0 Å². The van der Waals surface area contributed by atoms with Crippen LogP contribution in [0.4, 0.5) is 0 Å². The fourth-order valence-corrected chi connectivity index (χ4v) is 6.98. The van der Waals surface area contributed by atoms with Crippen LogP contribution in [0.3, 0.4) is 0 Å². The first-order chi connectivity index (χ1) is 7.68. The second-order valence-corrected chi connectivity index (χ2v) is 8.48. The molecule has 1 aliphatic carbocycles. The maximum absolute atomic E-state index is 6.13. The Hall–Kier alpha value is 0.137. The topological polar surface area (TPSA) is 18.5 Å². The highest BCUT2D eigenvalue weighted by atomic mass is 28.4. The third kappa shape index (κ3) is 3.86. The highest BCUT2D eigenvalue weighted by Crippen LogP contribution is 2.49. The summed E-state index contributed by atoms with van der Waals surface area (Å²) in [6.07, 6.45) is 5.26. The van der Waals surface area contributed by atoms with Gasteiger partial charge in [0, 0.05) is 18.8 Å². The molecular formula is C13H28O2Si. The zero-order valence-electron chi connectivity index (χ0n) is 11.4. The standard InChI is InChI=1S/C13H28O2Si/c1-5-8-12(4)11-16(14-6-2,15-7-3)13-9-10-13/h12-13H,5-11H2,1-4H3. The van der Waals surface area contributed by atoms with E-state index >= 15 is 0 Å². The van der Waals surface area contributed by atoms with Gasteiger partial charge in [-0.3, -0.25) is 0 Å². The second kappa shape index (κ2) is 6.77. The molecule has 1 atom stereocenters. The van der Waals surface area contributed by atoms with E-state index < -0.39 is 8.56 Å². The highest BCUT2D eigenvalue weighted by molar-refractivity contribution is 6.69. The lowest BCUT2D eigenvalue weighted by atomic mass is 10.1. The van der Waals surface area contributed by atoms with Gasteiger partial charge in [0.1, 0.15) is 0 Å². The summed E-state index contributed by atoms with van der Waals surface area (Å²) < 4.78 is 12.3. The van der Waals surface area contributed by atoms with Crippen LogP contribution >= 0.6 is 0 Å². The van der Waals surface area contributed by atoms with Gasteiger partial charge in [-0.2, -0.15) is 0 Å². The first-order valence-corrected chi connectivity index (χ1v) is 9.06. The SMILES string of the molecule is CCCC(C)C[Si](OCC)(OCC)C1CC1. The Morgan fingerprint density at radius 2 is 1.69 bits per heavy atom. The monoisotopic (exact) mass is 244 g/mol. The van der Waals surface area contributed by atoms with Crippen molar-refractivity contribution in [2.45, 2.75) is 65.0 Å². The molecule has 0 amide bonds. The molecule has 0 aliphatic heterocycles. The van der Waals surface area contributed by atoms with E-state index in [2.05, 4.69) is 27.7 Å². The lowest BCUT2D eigenvalue weighted by Crippen LogP contribution is -2.44. The number of rotatable bonds is 9. The minimum absolute atomic E-state index is 0.760. The molecular weight excluding hydrogens is 216 g/mol. The summed E-state index contributed by atoms with van der Waals surface area (Å²) >= 11 is 0. The molecule has 1 unspecified atom stereocenters. The average molecular weight is 244 g/mol. The molecule has 0 N–H and O–H groups in total. The predicted octanol–water partition coefficient (Wildman–Crippen LogP) is 4.10. The van der Waals surface area contributed by atoms with Crippen LogP contribution in [0, 0.1) is 5.92 Å². The summed E-state index contributed by atoms with van der Waals surface area (Å²) in [6.45, 7) is 10.5. The molecule has 16 heavy (non-hydrogen) atoms. The van der Waals surface area contributed by atoms with E-state index in [1.54, 1.807) is 0 Å². The Bertz CT molecular complexity index is 186. The van der Waals surface area contributed by atoms with Gasteiger partial charge in [-0.25, -0.2) is 0 Å². The van der Waals surface area contributed by atoms with Crippen molar-refractivity contribution >= 4 is 8.56 Å². The van der Waals surface area contributed by atoms with Gasteiger partial charge in [0.25, 0.3) is 0 Å². The zero-order chi connectivity index (χ0) is 12.0. The summed E-state index contributed by atoms with van der Waals surface area (Å²) in [5.74, 6) is 0.760. The Morgan fingerprint density at radius 1 is 1.12 bits per heavy atom. The molecule has 0 spiro atoms. The minimum atomic E-state index is -1.86. The van der Waals surface area contributed by atoms with Crippen molar-refractivity contribution < 1.29 is 8.85 Å². The van der Waals surface area contributed by atoms with Crippen LogP contribution in [-0.2, 0) is 8.85 Å². The van der Waals surface area contributed by atoms with E-state index in [4.69, 9.17) is 8.85 Å². The molecule has 1 rings (SSSR count). The van der Waals surface area contributed by atoms with Crippen molar-refractivity contribution in [1.82, 2.24) is 0 Å². The number of hydrogen-bond acceptors (Lipinski definition) is 2. The van der Waals surface area contributed by atoms with E-state index in [9.17, 15) is 0 Å². The summed E-state index contributed by atoms with van der Waals surface area (Å²) in [4.78, 5) is 0. The minimum Gasteiger partial charge on any atom is -0.394 e. The van der Waals surface area contributed by atoms with Gasteiger partial charge in [0.05, 0.1) is 0 Å². The molecule has 0 aromatic rings. The van der Waals surface area contributed by atoms with Crippen LogP contribution < -0.4 is 0 Å². The van der Waals surface area contributed by atoms with Gasteiger partial charge >= 0.3 is 8.56 Å². The quantitative estimate of drug-likeness (QED) is 0.568. The summed E-state index contributed by atoms with van der Waals surface area (Å²) in [5.41, 5.74) is 0.784. The molecule has 0 heterocycles. The maximum Gasteiger partial charge on any atom is 0.341 e. The third-order valence-corrected chi connectivity index (χ3v) is 8.03. The summed E-state index contributed by atoms with van der Waals surface area (Å²) in [6, 6.07) is 1.20. The van der Waals surface area contributed by atoms with Crippen molar-refractivity contribution in [1.29, 1.82) is 0 Å². The smallest absolute Gasteiger partial charge is 0.341 e. The Morgan fingerprint density at radius 3 is 2.06 bits per heavy atom. The van der Waals surface area contributed by atoms with Gasteiger partial charge < -0.3 is 8.85 Å². The fourth-order valence-electron chi connectivity index (χ4n) is 2.65. The molecule has 1 saturated carbocycles. The molecule has 0 saturated heterocycles. The van der Waals surface area contributed by atoms with Crippen molar-refractivity contribution in [2.24, 2.45) is 5.92 Å². The number of hydrogen-bond donors (Lipinski definition) is 0. The molecule has 0 bridgehead atoms. The van der Waals surface area contributed by atoms with Crippen molar-refractivity contribution in [3.63, 3.8) is 0 Å². The van der Waals surface area contributed by atoms with Gasteiger partial charge in [-0.05, 0) is 38.7 Å². The largest absolute Gasteiger partial charge is 0.394 e. The molecule has 1 fully saturated rings. The van der Waals surface area contributed by atoms with Gasteiger partial charge in [-0.15, -0.1) is 0 Å².